The van der Waals surface area contributed by atoms with Crippen LogP contribution in [0, 0.1) is 13.8 Å². The predicted molar refractivity (Wildman–Crippen MR) is 122 cm³/mol. The van der Waals surface area contributed by atoms with Gasteiger partial charge in [-0.2, -0.15) is 0 Å². The zero-order chi connectivity index (χ0) is 21.7. The first kappa shape index (κ1) is 22.3. The fraction of sp³-hybridized carbons (Fsp3) is 0.435. The molecule has 1 saturated heterocycles. The number of hydrogen-bond donors (Lipinski definition) is 2. The lowest BCUT2D eigenvalue weighted by molar-refractivity contribution is -0.114. The van der Waals surface area contributed by atoms with Crippen molar-refractivity contribution in [3.8, 4) is 0 Å². The lowest BCUT2D eigenvalue weighted by Crippen LogP contribution is -2.25. The minimum Gasteiger partial charge on any atom is -0.372 e. The molecule has 162 valence electrons. The van der Waals surface area contributed by atoms with E-state index in [0.717, 1.165) is 37.1 Å². The van der Waals surface area contributed by atoms with E-state index in [-0.39, 0.29) is 10.8 Å². The summed E-state index contributed by atoms with van der Waals surface area (Å²) < 4.78 is 28.0. The monoisotopic (exact) mass is 429 g/mol. The van der Waals surface area contributed by atoms with Crippen molar-refractivity contribution in [3.63, 3.8) is 0 Å². The summed E-state index contributed by atoms with van der Waals surface area (Å²) in [6.45, 7) is 7.66. The van der Waals surface area contributed by atoms with Gasteiger partial charge in [0, 0.05) is 37.9 Å². The highest BCUT2D eigenvalue weighted by molar-refractivity contribution is 7.89. The van der Waals surface area contributed by atoms with Gasteiger partial charge in [0.05, 0.1) is 4.90 Å². The van der Waals surface area contributed by atoms with Crippen LogP contribution in [0.25, 0.3) is 0 Å². The number of rotatable bonds is 8. The van der Waals surface area contributed by atoms with E-state index in [1.807, 2.05) is 0 Å². The van der Waals surface area contributed by atoms with Gasteiger partial charge in [-0.25, -0.2) is 13.1 Å². The lowest BCUT2D eigenvalue weighted by Gasteiger charge is -2.17. The third-order valence-electron chi connectivity index (χ3n) is 5.46. The highest BCUT2D eigenvalue weighted by Gasteiger charge is 2.17. The zero-order valence-electron chi connectivity index (χ0n) is 18.0. The number of amides is 1. The molecule has 0 aliphatic carbocycles. The first-order valence-corrected chi connectivity index (χ1v) is 12.0. The average molecular weight is 430 g/mol. The van der Waals surface area contributed by atoms with Gasteiger partial charge >= 0.3 is 0 Å². The fourth-order valence-corrected chi connectivity index (χ4v) is 5.13. The molecule has 30 heavy (non-hydrogen) atoms. The Morgan fingerprint density at radius 3 is 2.20 bits per heavy atom. The fourth-order valence-electron chi connectivity index (χ4n) is 3.88. The van der Waals surface area contributed by atoms with Gasteiger partial charge in [0.1, 0.15) is 0 Å². The van der Waals surface area contributed by atoms with Crippen LogP contribution in [-0.4, -0.2) is 34.0 Å². The van der Waals surface area contributed by atoms with E-state index >= 15 is 0 Å². The molecule has 2 N–H and O–H groups in total. The molecule has 1 amide bonds. The van der Waals surface area contributed by atoms with Crippen LogP contribution in [-0.2, 0) is 21.2 Å². The van der Waals surface area contributed by atoms with Gasteiger partial charge in [0.15, 0.2) is 0 Å². The maximum atomic E-state index is 12.7. The van der Waals surface area contributed by atoms with Crippen molar-refractivity contribution in [1.82, 2.24) is 4.72 Å². The summed E-state index contributed by atoms with van der Waals surface area (Å²) in [5.74, 6) is -0.177. The normalized spacial score (nSPS) is 14.2. The molecule has 6 nitrogen and oxygen atoms in total. The molecule has 1 heterocycles. The highest BCUT2D eigenvalue weighted by atomic mass is 32.2. The molecule has 2 aromatic rings. The van der Waals surface area contributed by atoms with Crippen molar-refractivity contribution in [1.29, 1.82) is 0 Å². The van der Waals surface area contributed by atoms with Crippen LogP contribution in [0.5, 0.6) is 0 Å². The number of nitrogens with zero attached hydrogens (tertiary/aromatic N) is 1. The molecule has 0 aromatic heterocycles. The summed E-state index contributed by atoms with van der Waals surface area (Å²) in [5.41, 5.74) is 4.60. The summed E-state index contributed by atoms with van der Waals surface area (Å²) in [4.78, 5) is 14.0. The minimum atomic E-state index is -3.59. The number of nitrogens with one attached hydrogen (secondary N) is 2. The van der Waals surface area contributed by atoms with E-state index in [2.05, 4.69) is 39.2 Å². The molecule has 1 fully saturated rings. The van der Waals surface area contributed by atoms with E-state index in [0.29, 0.717) is 12.2 Å². The van der Waals surface area contributed by atoms with Gasteiger partial charge in [-0.15, -0.1) is 0 Å². The van der Waals surface area contributed by atoms with Gasteiger partial charge < -0.3 is 10.2 Å². The van der Waals surface area contributed by atoms with Crippen LogP contribution in [0.15, 0.2) is 41.3 Å². The minimum absolute atomic E-state index is 0.177. The molecule has 1 aliphatic rings. The van der Waals surface area contributed by atoms with E-state index in [4.69, 9.17) is 0 Å². The topological polar surface area (TPSA) is 78.5 Å². The van der Waals surface area contributed by atoms with E-state index in [9.17, 15) is 13.2 Å². The van der Waals surface area contributed by atoms with Crippen LogP contribution >= 0.6 is 0 Å². The summed E-state index contributed by atoms with van der Waals surface area (Å²) >= 11 is 0. The molecule has 0 unspecified atom stereocenters. The first-order chi connectivity index (χ1) is 14.3. The van der Waals surface area contributed by atoms with E-state index in [1.54, 1.807) is 26.0 Å². The molecule has 0 saturated carbocycles. The molecule has 0 atom stereocenters. The average Bonchev–Trinajstić information content (AvgIpc) is 3.23. The van der Waals surface area contributed by atoms with Crippen molar-refractivity contribution in [3.05, 3.63) is 53.1 Å². The Morgan fingerprint density at radius 2 is 1.63 bits per heavy atom. The Balaban J connectivity index is 1.54. The number of sulfonamides is 1. The van der Waals surface area contributed by atoms with Crippen LogP contribution in [0.2, 0.25) is 0 Å². The Labute approximate surface area is 179 Å². The number of benzene rings is 2. The third-order valence-corrected chi connectivity index (χ3v) is 6.90. The molecule has 7 heteroatoms. The standard InChI is InChI=1S/C23H31N3O3S/c1-17-15-22(16-18(2)23(17)25-19(3)27)30(28,29)24-12-6-7-20-8-10-21(11-9-20)26-13-4-5-14-26/h8-11,15-16,24H,4-7,12-14H2,1-3H3,(H,25,27). The van der Waals surface area contributed by atoms with Gasteiger partial charge in [-0.1, -0.05) is 12.1 Å². The number of carbonyl (C=O) groups excluding carboxylic acids is 1. The van der Waals surface area contributed by atoms with Crippen LogP contribution in [0.4, 0.5) is 11.4 Å². The second-order valence-corrected chi connectivity index (χ2v) is 9.74. The van der Waals surface area contributed by atoms with E-state index < -0.39 is 10.0 Å². The van der Waals surface area contributed by atoms with Crippen molar-refractivity contribution in [2.75, 3.05) is 29.9 Å². The van der Waals surface area contributed by atoms with Crippen molar-refractivity contribution < 1.29 is 13.2 Å². The summed E-state index contributed by atoms with van der Waals surface area (Å²) in [7, 11) is -3.59. The molecular weight excluding hydrogens is 398 g/mol. The predicted octanol–water partition coefficient (Wildman–Crippen LogP) is 3.77. The maximum Gasteiger partial charge on any atom is 0.240 e. The van der Waals surface area contributed by atoms with E-state index in [1.165, 1.54) is 31.0 Å². The van der Waals surface area contributed by atoms with Crippen molar-refractivity contribution >= 4 is 27.3 Å². The SMILES string of the molecule is CC(=O)Nc1c(C)cc(S(=O)(=O)NCCCc2ccc(N3CCCC3)cc2)cc1C. The second kappa shape index (κ2) is 9.62. The van der Waals surface area contributed by atoms with Crippen molar-refractivity contribution in [2.45, 2.75) is 51.3 Å². The molecule has 0 radical (unpaired) electrons. The highest BCUT2D eigenvalue weighted by Crippen LogP contribution is 2.25. The Morgan fingerprint density at radius 1 is 1.03 bits per heavy atom. The number of anilines is 2. The Hall–Kier alpha value is -2.38. The summed E-state index contributed by atoms with van der Waals surface area (Å²) in [6.07, 6.45) is 4.07. The molecule has 1 aliphatic heterocycles. The zero-order valence-corrected chi connectivity index (χ0v) is 18.8. The Bertz CT molecular complexity index is 972. The summed E-state index contributed by atoms with van der Waals surface area (Å²) in [6, 6.07) is 11.8. The van der Waals surface area contributed by atoms with Crippen LogP contribution in [0.1, 0.15) is 42.9 Å². The Kier molecular flexibility index (Phi) is 7.15. The quantitative estimate of drug-likeness (QED) is 0.626. The van der Waals surface area contributed by atoms with Crippen LogP contribution in [0.3, 0.4) is 0 Å². The first-order valence-electron chi connectivity index (χ1n) is 10.5. The van der Waals surface area contributed by atoms with Gasteiger partial charge in [0.25, 0.3) is 0 Å². The van der Waals surface area contributed by atoms with Crippen LogP contribution < -0.4 is 14.9 Å². The number of carbonyl (C=O) groups is 1. The molecule has 0 spiro atoms. The van der Waals surface area contributed by atoms with Gasteiger partial charge in [-0.3, -0.25) is 4.79 Å². The molecule has 2 aromatic carbocycles. The molecule has 3 rings (SSSR count). The smallest absolute Gasteiger partial charge is 0.240 e. The summed E-state index contributed by atoms with van der Waals surface area (Å²) in [5, 5.41) is 2.75. The maximum absolute atomic E-state index is 12.7. The number of hydrogen-bond acceptors (Lipinski definition) is 4. The largest absolute Gasteiger partial charge is 0.372 e. The van der Waals surface area contributed by atoms with Gasteiger partial charge in [0.2, 0.25) is 15.9 Å². The second-order valence-electron chi connectivity index (χ2n) is 7.98. The third kappa shape index (κ3) is 5.61. The molecular formula is C23H31N3O3S. The van der Waals surface area contributed by atoms with Crippen molar-refractivity contribution in [2.24, 2.45) is 0 Å². The molecule has 0 bridgehead atoms. The van der Waals surface area contributed by atoms with Gasteiger partial charge in [-0.05, 0) is 80.5 Å². The lowest BCUT2D eigenvalue weighted by atomic mass is 10.1. The number of aryl methyl sites for hydroxylation is 3.